The number of carboxylic acid groups (broad SMARTS) is 1. The highest BCUT2D eigenvalue weighted by Gasteiger charge is 2.36. The van der Waals surface area contributed by atoms with E-state index >= 15 is 0 Å². The average molecular weight is 290 g/mol. The van der Waals surface area contributed by atoms with Crippen molar-refractivity contribution in [2.75, 3.05) is 6.54 Å². The summed E-state index contributed by atoms with van der Waals surface area (Å²) in [5.74, 6) is -0.913. The minimum atomic E-state index is -0.913. The minimum absolute atomic E-state index is 0.0211. The molecule has 2 rings (SSSR count). The predicted molar refractivity (Wildman–Crippen MR) is 79.9 cm³/mol. The normalized spacial score (nSPS) is 18.0. The van der Waals surface area contributed by atoms with E-state index < -0.39 is 12.0 Å². The smallest absolute Gasteiger partial charge is 0.326 e. The third kappa shape index (κ3) is 3.54. The van der Waals surface area contributed by atoms with Crippen molar-refractivity contribution < 1.29 is 14.7 Å². The molecule has 21 heavy (non-hydrogen) atoms. The van der Waals surface area contributed by atoms with E-state index in [0.717, 1.165) is 12.0 Å². The zero-order valence-electron chi connectivity index (χ0n) is 12.5. The van der Waals surface area contributed by atoms with Crippen LogP contribution >= 0.6 is 0 Å². The van der Waals surface area contributed by atoms with E-state index in [0.29, 0.717) is 19.5 Å². The van der Waals surface area contributed by atoms with Crippen LogP contribution < -0.4 is 0 Å². The van der Waals surface area contributed by atoms with E-state index in [1.807, 2.05) is 44.2 Å². The fourth-order valence-corrected chi connectivity index (χ4v) is 2.67. The molecule has 1 aliphatic rings. The maximum atomic E-state index is 12.7. The van der Waals surface area contributed by atoms with Crippen molar-refractivity contribution in [3.63, 3.8) is 0 Å². The zero-order valence-corrected chi connectivity index (χ0v) is 12.5. The lowest BCUT2D eigenvalue weighted by molar-refractivity contribution is -0.141. The van der Waals surface area contributed by atoms with Crippen LogP contribution in [0, 0.1) is 0 Å². The molecule has 1 atom stereocenters. The van der Waals surface area contributed by atoms with Crippen LogP contribution in [0.2, 0.25) is 0 Å². The molecule has 5 nitrogen and oxygen atoms in total. The van der Waals surface area contributed by atoms with E-state index in [1.54, 1.807) is 4.90 Å². The molecule has 0 aromatic heterocycles. The number of benzene rings is 1. The number of carbonyl (C=O) groups excluding carboxylic acids is 1. The van der Waals surface area contributed by atoms with Crippen molar-refractivity contribution in [1.29, 1.82) is 0 Å². The number of carbonyl (C=O) groups is 2. The second kappa shape index (κ2) is 6.61. The van der Waals surface area contributed by atoms with Gasteiger partial charge < -0.3 is 14.9 Å². The monoisotopic (exact) mass is 290 g/mol. The maximum absolute atomic E-state index is 12.7. The van der Waals surface area contributed by atoms with Gasteiger partial charge in [-0.05, 0) is 32.3 Å². The first-order chi connectivity index (χ1) is 10.0. The maximum Gasteiger partial charge on any atom is 0.326 e. The van der Waals surface area contributed by atoms with E-state index in [4.69, 9.17) is 0 Å². The Hall–Kier alpha value is -2.04. The molecule has 1 saturated heterocycles. The first kappa shape index (κ1) is 15.4. The lowest BCUT2D eigenvalue weighted by Gasteiger charge is -2.33. The Bertz CT molecular complexity index is 502. The van der Waals surface area contributed by atoms with Gasteiger partial charge in [0, 0.05) is 19.1 Å². The number of nitrogens with zero attached hydrogens (tertiary/aromatic N) is 2. The highest BCUT2D eigenvalue weighted by Crippen LogP contribution is 2.21. The molecule has 114 valence electrons. The molecule has 1 fully saturated rings. The first-order valence-electron chi connectivity index (χ1n) is 7.34. The van der Waals surface area contributed by atoms with E-state index in [-0.39, 0.29) is 12.1 Å². The fraction of sp³-hybridized carbons (Fsp3) is 0.500. The summed E-state index contributed by atoms with van der Waals surface area (Å²) < 4.78 is 0. The highest BCUT2D eigenvalue weighted by atomic mass is 16.4. The molecule has 5 heteroatoms. The van der Waals surface area contributed by atoms with Crippen molar-refractivity contribution in [2.24, 2.45) is 0 Å². The molecule has 1 N–H and O–H groups in total. The van der Waals surface area contributed by atoms with Gasteiger partial charge in [-0.1, -0.05) is 30.3 Å². The van der Waals surface area contributed by atoms with Gasteiger partial charge in [-0.25, -0.2) is 9.59 Å². The Morgan fingerprint density at radius 3 is 2.57 bits per heavy atom. The van der Waals surface area contributed by atoms with Gasteiger partial charge in [0.15, 0.2) is 0 Å². The highest BCUT2D eigenvalue weighted by molar-refractivity contribution is 5.83. The average Bonchev–Trinajstić information content (AvgIpc) is 2.94. The molecule has 1 aromatic rings. The van der Waals surface area contributed by atoms with Crippen LogP contribution in [0.3, 0.4) is 0 Å². The number of aliphatic carboxylic acids is 1. The molecule has 0 spiro atoms. The van der Waals surface area contributed by atoms with Crippen molar-refractivity contribution in [3.8, 4) is 0 Å². The molecule has 0 saturated carbocycles. The Kier molecular flexibility index (Phi) is 4.83. The second-order valence-corrected chi connectivity index (χ2v) is 5.68. The fourth-order valence-electron chi connectivity index (χ4n) is 2.67. The molecule has 1 aliphatic heterocycles. The molecule has 0 bridgehead atoms. The van der Waals surface area contributed by atoms with Gasteiger partial charge in [0.25, 0.3) is 0 Å². The quantitative estimate of drug-likeness (QED) is 0.927. The van der Waals surface area contributed by atoms with Crippen LogP contribution in [0.15, 0.2) is 30.3 Å². The SMILES string of the molecule is CC(C)N(Cc1ccccc1)C(=O)N1CCCC1C(=O)O. The largest absolute Gasteiger partial charge is 0.480 e. The van der Waals surface area contributed by atoms with Gasteiger partial charge in [-0.2, -0.15) is 0 Å². The molecular weight excluding hydrogens is 268 g/mol. The zero-order chi connectivity index (χ0) is 15.4. The Morgan fingerprint density at radius 1 is 1.33 bits per heavy atom. The van der Waals surface area contributed by atoms with Crippen LogP contribution in [-0.2, 0) is 11.3 Å². The number of likely N-dealkylation sites (tertiary alicyclic amines) is 1. The van der Waals surface area contributed by atoms with Gasteiger partial charge in [0.1, 0.15) is 6.04 Å². The molecule has 0 radical (unpaired) electrons. The van der Waals surface area contributed by atoms with Gasteiger partial charge in [0.2, 0.25) is 0 Å². The van der Waals surface area contributed by atoms with Crippen molar-refractivity contribution in [2.45, 2.75) is 45.3 Å². The van der Waals surface area contributed by atoms with Crippen molar-refractivity contribution in [1.82, 2.24) is 9.80 Å². The number of rotatable bonds is 4. The summed E-state index contributed by atoms with van der Waals surface area (Å²) in [6.07, 6.45) is 1.29. The summed E-state index contributed by atoms with van der Waals surface area (Å²) in [6, 6.07) is 8.91. The number of amides is 2. The van der Waals surface area contributed by atoms with Gasteiger partial charge >= 0.3 is 12.0 Å². The van der Waals surface area contributed by atoms with E-state index in [2.05, 4.69) is 0 Å². The minimum Gasteiger partial charge on any atom is -0.480 e. The lowest BCUT2D eigenvalue weighted by atomic mass is 10.2. The number of hydrogen-bond donors (Lipinski definition) is 1. The van der Waals surface area contributed by atoms with Gasteiger partial charge in [-0.3, -0.25) is 0 Å². The third-order valence-electron chi connectivity index (χ3n) is 3.85. The van der Waals surface area contributed by atoms with Crippen LogP contribution in [0.1, 0.15) is 32.3 Å². The summed E-state index contributed by atoms with van der Waals surface area (Å²) in [5, 5.41) is 9.23. The van der Waals surface area contributed by atoms with Crippen LogP contribution in [-0.4, -0.2) is 45.5 Å². The molecular formula is C16H22N2O3. The summed E-state index contributed by atoms with van der Waals surface area (Å²) >= 11 is 0. The van der Waals surface area contributed by atoms with Crippen molar-refractivity contribution in [3.05, 3.63) is 35.9 Å². The Labute approximate surface area is 125 Å². The molecule has 0 aliphatic carbocycles. The van der Waals surface area contributed by atoms with Gasteiger partial charge in [0.05, 0.1) is 0 Å². The Balaban J connectivity index is 2.14. The summed E-state index contributed by atoms with van der Waals surface area (Å²) in [5.41, 5.74) is 1.05. The molecule has 2 amide bonds. The second-order valence-electron chi connectivity index (χ2n) is 5.68. The molecule has 1 aromatic carbocycles. The van der Waals surface area contributed by atoms with Crippen LogP contribution in [0.5, 0.6) is 0 Å². The standard InChI is InChI=1S/C16H22N2O3/c1-12(2)18(11-13-7-4-3-5-8-13)16(21)17-10-6-9-14(17)15(19)20/h3-5,7-8,12,14H,6,9-11H2,1-2H3,(H,19,20). The van der Waals surface area contributed by atoms with Crippen molar-refractivity contribution >= 4 is 12.0 Å². The molecule has 1 unspecified atom stereocenters. The molecule has 1 heterocycles. The van der Waals surface area contributed by atoms with E-state index in [9.17, 15) is 14.7 Å². The summed E-state index contributed by atoms with van der Waals surface area (Å²) in [7, 11) is 0. The summed E-state index contributed by atoms with van der Waals surface area (Å²) in [4.78, 5) is 27.2. The number of hydrogen-bond acceptors (Lipinski definition) is 2. The topological polar surface area (TPSA) is 60.9 Å². The van der Waals surface area contributed by atoms with Crippen LogP contribution in [0.25, 0.3) is 0 Å². The van der Waals surface area contributed by atoms with Crippen LogP contribution in [0.4, 0.5) is 4.79 Å². The number of carboxylic acids is 1. The van der Waals surface area contributed by atoms with Gasteiger partial charge in [-0.15, -0.1) is 0 Å². The predicted octanol–water partition coefficient (Wildman–Crippen LogP) is 2.57. The third-order valence-corrected chi connectivity index (χ3v) is 3.85. The number of urea groups is 1. The Morgan fingerprint density at radius 2 is 2.00 bits per heavy atom. The van der Waals surface area contributed by atoms with E-state index in [1.165, 1.54) is 4.90 Å². The summed E-state index contributed by atoms with van der Waals surface area (Å²) in [6.45, 7) is 4.92. The lowest BCUT2D eigenvalue weighted by Crippen LogP contribution is -2.49. The first-order valence-corrected chi connectivity index (χ1v) is 7.34.